The SMILES string of the molecule is COc1c(CN2O[C@@H](CO)[C@@H]([C@H](C)OC(=O)CCCN(C)C)[C@H]2C(=O)N[C@H]2C[C@H]3C[C@@H]([C@@H]2C)C3(C)C)cccc1-c1cc(C(=O)N[C@@H](Cc2ccccc2)CN(C)C)cc(N(C)C)c1. The predicted octanol–water partition coefficient (Wildman–Crippen LogP) is 5.88. The fourth-order valence-electron chi connectivity index (χ4n) is 10.6. The Morgan fingerprint density at radius 2 is 1.70 bits per heavy atom. The number of rotatable bonds is 20. The standard InChI is InChI=1S/C51H74N6O7/c1-32-42-27-38(51(42,3)4)28-43(32)53-50(61)47-46(33(2)63-45(59)21-16-22-54(5)6)44(31-58)64-57(47)29-35-19-15-20-41(48(35)62-11)36-24-37(26-40(25-36)56(9)10)49(60)52-39(30-55(7)8)23-34-17-13-12-14-18-34/h12-15,17-20,24-26,32-33,38-39,42-44,46-47,58H,16,21-23,27-31H2,1-11H3,(H,52,60)(H,53,61)/t32-,33-,38+,39-,42-,43-,44-,46+,47-/m0/s1. The third-order valence-corrected chi connectivity index (χ3v) is 14.2. The van der Waals surface area contributed by atoms with E-state index in [1.54, 1.807) is 19.1 Å². The van der Waals surface area contributed by atoms with Gasteiger partial charge in [0.1, 0.15) is 24.0 Å². The minimum absolute atomic E-state index is 0.00595. The molecule has 2 amide bonds. The van der Waals surface area contributed by atoms with Gasteiger partial charge in [-0.15, -0.1) is 0 Å². The van der Waals surface area contributed by atoms with Crippen molar-refractivity contribution < 1.29 is 33.8 Å². The molecule has 0 spiro atoms. The van der Waals surface area contributed by atoms with E-state index in [1.165, 1.54) is 6.42 Å². The Morgan fingerprint density at radius 3 is 2.33 bits per heavy atom. The highest BCUT2D eigenvalue weighted by molar-refractivity contribution is 5.97. The van der Waals surface area contributed by atoms with Gasteiger partial charge in [0.25, 0.3) is 5.91 Å². The van der Waals surface area contributed by atoms with Crippen molar-refractivity contribution in [2.45, 2.75) is 96.7 Å². The van der Waals surface area contributed by atoms with Gasteiger partial charge in [0.2, 0.25) is 5.91 Å². The molecule has 3 aliphatic carbocycles. The number of nitrogens with zero attached hydrogens (tertiary/aromatic N) is 4. The molecule has 350 valence electrons. The number of aliphatic hydroxyl groups is 1. The summed E-state index contributed by atoms with van der Waals surface area (Å²) < 4.78 is 12.2. The Hall–Kier alpha value is -4.53. The van der Waals surface area contributed by atoms with Gasteiger partial charge in [0, 0.05) is 61.5 Å². The molecule has 3 saturated carbocycles. The summed E-state index contributed by atoms with van der Waals surface area (Å²) in [7, 11) is 13.4. The fraction of sp³-hybridized carbons (Fsp3) is 0.588. The first-order valence-corrected chi connectivity index (χ1v) is 23.1. The Balaban J connectivity index is 1.30. The average Bonchev–Trinajstić information content (AvgIpc) is 3.62. The number of carbonyl (C=O) groups is 3. The van der Waals surface area contributed by atoms with Gasteiger partial charge in [-0.1, -0.05) is 69.3 Å². The molecule has 64 heavy (non-hydrogen) atoms. The highest BCUT2D eigenvalue weighted by Crippen LogP contribution is 2.61. The first-order valence-electron chi connectivity index (χ1n) is 23.1. The van der Waals surface area contributed by atoms with Crippen LogP contribution in [-0.2, 0) is 32.1 Å². The third kappa shape index (κ3) is 11.3. The van der Waals surface area contributed by atoms with Gasteiger partial charge < -0.3 is 39.9 Å². The number of anilines is 1. The van der Waals surface area contributed by atoms with Crippen LogP contribution < -0.4 is 20.3 Å². The average molecular weight is 883 g/mol. The highest BCUT2D eigenvalue weighted by Gasteiger charge is 2.57. The summed E-state index contributed by atoms with van der Waals surface area (Å²) in [5, 5.41) is 19.2. The van der Waals surface area contributed by atoms with Gasteiger partial charge in [0.05, 0.1) is 26.2 Å². The molecular weight excluding hydrogens is 809 g/mol. The molecule has 3 aromatic carbocycles. The second-order valence-electron chi connectivity index (χ2n) is 19.9. The molecule has 1 saturated heterocycles. The van der Waals surface area contributed by atoms with Crippen LogP contribution in [-0.4, -0.2) is 137 Å². The van der Waals surface area contributed by atoms with E-state index in [4.69, 9.17) is 14.3 Å². The number of carbonyl (C=O) groups excluding carboxylic acids is 3. The second-order valence-corrected chi connectivity index (χ2v) is 19.9. The minimum Gasteiger partial charge on any atom is -0.496 e. The summed E-state index contributed by atoms with van der Waals surface area (Å²) in [6, 6.07) is 20.8. The van der Waals surface area contributed by atoms with Gasteiger partial charge in [-0.2, -0.15) is 5.06 Å². The number of fused-ring (bicyclic) bond motifs is 2. The number of hydroxylamine groups is 2. The Kier molecular flexibility index (Phi) is 16.2. The largest absolute Gasteiger partial charge is 0.496 e. The predicted molar refractivity (Wildman–Crippen MR) is 252 cm³/mol. The van der Waals surface area contributed by atoms with Gasteiger partial charge in [-0.05, 0) is 120 Å². The summed E-state index contributed by atoms with van der Waals surface area (Å²) in [6.07, 6.45) is 2.13. The second kappa shape index (κ2) is 21.2. The number of likely N-dealkylation sites (N-methyl/N-ethyl adjacent to an activating group) is 1. The normalized spacial score (nSPS) is 24.8. The lowest BCUT2D eigenvalue weighted by atomic mass is 9.45. The maximum Gasteiger partial charge on any atom is 0.306 e. The number of hydrogen-bond acceptors (Lipinski definition) is 11. The van der Waals surface area contributed by atoms with Crippen LogP contribution in [0.15, 0.2) is 66.7 Å². The van der Waals surface area contributed by atoms with Crippen molar-refractivity contribution in [3.8, 4) is 16.9 Å². The van der Waals surface area contributed by atoms with Crippen molar-refractivity contribution in [1.82, 2.24) is 25.5 Å². The molecule has 3 N–H and O–H groups in total. The monoisotopic (exact) mass is 883 g/mol. The van der Waals surface area contributed by atoms with E-state index < -0.39 is 24.2 Å². The first kappa shape index (κ1) is 48.9. The van der Waals surface area contributed by atoms with E-state index in [0.29, 0.717) is 48.5 Å². The lowest BCUT2D eigenvalue weighted by molar-refractivity contribution is -0.183. The van der Waals surface area contributed by atoms with Crippen molar-refractivity contribution in [3.05, 3.63) is 83.4 Å². The molecule has 1 heterocycles. The number of amides is 2. The van der Waals surface area contributed by atoms with E-state index in [-0.39, 0.29) is 54.9 Å². The number of hydrogen-bond donors (Lipinski definition) is 3. The molecule has 3 aromatic rings. The fourth-order valence-corrected chi connectivity index (χ4v) is 10.6. The van der Waals surface area contributed by atoms with E-state index >= 15 is 0 Å². The van der Waals surface area contributed by atoms with Gasteiger partial charge in [-0.3, -0.25) is 19.2 Å². The Bertz CT molecular complexity index is 2060. The third-order valence-electron chi connectivity index (χ3n) is 14.2. The topological polar surface area (TPSA) is 136 Å². The van der Waals surface area contributed by atoms with Gasteiger partial charge in [0.15, 0.2) is 0 Å². The Morgan fingerprint density at radius 1 is 0.969 bits per heavy atom. The molecule has 1 aliphatic heterocycles. The van der Waals surface area contributed by atoms with Gasteiger partial charge >= 0.3 is 5.97 Å². The molecule has 13 heteroatoms. The number of esters is 1. The number of aliphatic hydroxyl groups excluding tert-OH is 1. The lowest BCUT2D eigenvalue weighted by Crippen LogP contribution is -2.62. The smallest absolute Gasteiger partial charge is 0.306 e. The van der Waals surface area contributed by atoms with Crippen molar-refractivity contribution in [2.75, 3.05) is 74.0 Å². The molecular formula is C51H74N6O7. The lowest BCUT2D eigenvalue weighted by Gasteiger charge is -2.62. The number of nitrogens with one attached hydrogen (secondary N) is 2. The van der Waals surface area contributed by atoms with Crippen LogP contribution in [0.1, 0.15) is 74.9 Å². The molecule has 0 unspecified atom stereocenters. The quantitative estimate of drug-likeness (QED) is 0.117. The zero-order chi connectivity index (χ0) is 46.5. The molecule has 4 fully saturated rings. The van der Waals surface area contributed by atoms with Crippen LogP contribution in [0.4, 0.5) is 5.69 Å². The summed E-state index contributed by atoms with van der Waals surface area (Å²) in [6.45, 7) is 9.89. The van der Waals surface area contributed by atoms with Crippen molar-refractivity contribution in [3.63, 3.8) is 0 Å². The van der Waals surface area contributed by atoms with Crippen LogP contribution in [0.5, 0.6) is 5.75 Å². The molecule has 9 atom stereocenters. The van der Waals surface area contributed by atoms with E-state index in [2.05, 4.69) is 48.4 Å². The van der Waals surface area contributed by atoms with Crippen molar-refractivity contribution in [1.29, 1.82) is 0 Å². The van der Waals surface area contributed by atoms with Gasteiger partial charge in [-0.25, -0.2) is 0 Å². The van der Waals surface area contributed by atoms with E-state index in [1.807, 2.05) is 107 Å². The maximum atomic E-state index is 14.8. The summed E-state index contributed by atoms with van der Waals surface area (Å²) in [5.74, 6) is 0.528. The molecule has 0 aromatic heterocycles. The van der Waals surface area contributed by atoms with Crippen LogP contribution in [0.2, 0.25) is 0 Å². The molecule has 13 nitrogen and oxygen atoms in total. The summed E-state index contributed by atoms with van der Waals surface area (Å²) in [4.78, 5) is 54.7. The Labute approximate surface area is 381 Å². The van der Waals surface area contributed by atoms with Crippen LogP contribution in [0, 0.1) is 29.1 Å². The highest BCUT2D eigenvalue weighted by atomic mass is 16.7. The summed E-state index contributed by atoms with van der Waals surface area (Å²) in [5.41, 5.74) is 5.05. The first-order chi connectivity index (χ1) is 30.4. The van der Waals surface area contributed by atoms with Crippen molar-refractivity contribution in [2.24, 2.45) is 29.1 Å². The van der Waals surface area contributed by atoms with E-state index in [9.17, 15) is 19.5 Å². The summed E-state index contributed by atoms with van der Waals surface area (Å²) >= 11 is 0. The number of para-hydroxylation sites is 1. The van der Waals surface area contributed by atoms with Crippen LogP contribution in [0.25, 0.3) is 11.1 Å². The molecule has 4 aliphatic rings. The number of ether oxygens (including phenoxy) is 2. The molecule has 0 radical (unpaired) electrons. The minimum atomic E-state index is -0.882. The van der Waals surface area contributed by atoms with E-state index in [0.717, 1.165) is 40.9 Å². The number of benzene rings is 3. The number of methoxy groups -OCH3 is 1. The van der Waals surface area contributed by atoms with Crippen LogP contribution >= 0.6 is 0 Å². The molecule has 7 rings (SSSR count). The maximum absolute atomic E-state index is 14.8. The zero-order valence-corrected chi connectivity index (χ0v) is 40.1. The van der Waals surface area contributed by atoms with Crippen LogP contribution in [0.3, 0.4) is 0 Å². The zero-order valence-electron chi connectivity index (χ0n) is 40.1. The molecule has 2 bridgehead atoms. The van der Waals surface area contributed by atoms with Crippen molar-refractivity contribution >= 4 is 23.5 Å².